The number of nitro groups is 1. The predicted octanol–water partition coefficient (Wildman–Crippen LogP) is 4.54. The van der Waals surface area contributed by atoms with Crippen LogP contribution in [0.2, 0.25) is 0 Å². The van der Waals surface area contributed by atoms with Crippen LogP contribution in [0.1, 0.15) is 33.1 Å². The minimum Gasteiger partial charge on any atom is -0.493 e. The number of methoxy groups -OCH3 is 2. The lowest BCUT2D eigenvalue weighted by molar-refractivity contribution is -0.384. The van der Waals surface area contributed by atoms with Crippen molar-refractivity contribution in [1.82, 2.24) is 4.90 Å². The second-order valence-electron chi connectivity index (χ2n) is 7.42. The Morgan fingerprint density at radius 3 is 2.41 bits per heavy atom. The molecule has 4 rings (SSSR count). The van der Waals surface area contributed by atoms with Gasteiger partial charge in [0.05, 0.1) is 25.2 Å². The van der Waals surface area contributed by atoms with E-state index >= 15 is 0 Å². The molecule has 1 amide bonds. The van der Waals surface area contributed by atoms with Crippen molar-refractivity contribution in [3.05, 3.63) is 98.8 Å². The molecule has 0 saturated carbocycles. The Hall–Kier alpha value is -3.94. The van der Waals surface area contributed by atoms with E-state index in [1.54, 1.807) is 24.1 Å². The van der Waals surface area contributed by atoms with E-state index in [4.69, 9.17) is 9.47 Å². The Bertz CT molecular complexity index is 1180. The number of benzene rings is 3. The molecular weight excluding hydrogens is 415 g/mol. The minimum atomic E-state index is -0.587. The molecule has 0 bridgehead atoms. The summed E-state index contributed by atoms with van der Waals surface area (Å²) < 4.78 is 24.3. The second-order valence-corrected chi connectivity index (χ2v) is 7.42. The van der Waals surface area contributed by atoms with Gasteiger partial charge in [-0.2, -0.15) is 0 Å². The molecule has 0 spiro atoms. The van der Waals surface area contributed by atoms with Crippen molar-refractivity contribution in [2.75, 3.05) is 20.8 Å². The Kier molecular flexibility index (Phi) is 5.77. The first-order valence-corrected chi connectivity index (χ1v) is 9.98. The van der Waals surface area contributed by atoms with Gasteiger partial charge in [0, 0.05) is 24.2 Å². The zero-order chi connectivity index (χ0) is 22.8. The number of non-ortho nitro benzene ring substituents is 1. The van der Waals surface area contributed by atoms with E-state index < -0.39 is 16.8 Å². The van der Waals surface area contributed by atoms with Crippen LogP contribution in [0.5, 0.6) is 11.5 Å². The van der Waals surface area contributed by atoms with E-state index in [0.29, 0.717) is 35.6 Å². The molecule has 32 heavy (non-hydrogen) atoms. The summed E-state index contributed by atoms with van der Waals surface area (Å²) in [4.78, 5) is 26.0. The number of hydrogen-bond acceptors (Lipinski definition) is 5. The van der Waals surface area contributed by atoms with Gasteiger partial charge in [-0.05, 0) is 59.5 Å². The third-order valence-corrected chi connectivity index (χ3v) is 5.62. The number of rotatable bonds is 5. The van der Waals surface area contributed by atoms with Crippen LogP contribution in [0.15, 0.2) is 60.7 Å². The van der Waals surface area contributed by atoms with E-state index in [-0.39, 0.29) is 11.6 Å². The Morgan fingerprint density at radius 1 is 1.06 bits per heavy atom. The van der Waals surface area contributed by atoms with Gasteiger partial charge in [-0.1, -0.05) is 12.1 Å². The van der Waals surface area contributed by atoms with Crippen molar-refractivity contribution in [2.24, 2.45) is 0 Å². The normalized spacial score (nSPS) is 15.1. The smallest absolute Gasteiger partial charge is 0.269 e. The van der Waals surface area contributed by atoms with Crippen molar-refractivity contribution in [2.45, 2.75) is 12.5 Å². The molecule has 0 aliphatic carbocycles. The highest BCUT2D eigenvalue weighted by Crippen LogP contribution is 2.42. The summed E-state index contributed by atoms with van der Waals surface area (Å²) in [6, 6.07) is 14.7. The highest BCUT2D eigenvalue weighted by molar-refractivity contribution is 5.95. The second kappa shape index (κ2) is 8.66. The number of carbonyl (C=O) groups is 1. The summed E-state index contributed by atoms with van der Waals surface area (Å²) in [7, 11) is 3.08. The van der Waals surface area contributed by atoms with Crippen molar-refractivity contribution < 1.29 is 23.6 Å². The SMILES string of the molecule is COc1cc2c(cc1OC)[C@H](c1cccc([N+](=O)[O-])c1)N(C(=O)c1ccc(F)cc1)CC2. The number of nitro benzene ring substituents is 1. The highest BCUT2D eigenvalue weighted by atomic mass is 19.1. The molecule has 0 fully saturated rings. The molecule has 3 aromatic rings. The molecule has 0 radical (unpaired) electrons. The number of nitrogens with zero attached hydrogens (tertiary/aromatic N) is 2. The van der Waals surface area contributed by atoms with Crippen LogP contribution in [-0.4, -0.2) is 36.5 Å². The molecule has 8 heteroatoms. The van der Waals surface area contributed by atoms with Crippen LogP contribution in [0, 0.1) is 15.9 Å². The topological polar surface area (TPSA) is 81.9 Å². The van der Waals surface area contributed by atoms with Gasteiger partial charge in [-0.15, -0.1) is 0 Å². The average molecular weight is 436 g/mol. The molecule has 1 heterocycles. The average Bonchev–Trinajstić information content (AvgIpc) is 2.82. The molecule has 0 saturated heterocycles. The van der Waals surface area contributed by atoms with Crippen molar-refractivity contribution in [1.29, 1.82) is 0 Å². The number of carbonyl (C=O) groups excluding carboxylic acids is 1. The minimum absolute atomic E-state index is 0.0655. The molecule has 7 nitrogen and oxygen atoms in total. The van der Waals surface area contributed by atoms with E-state index in [2.05, 4.69) is 0 Å². The van der Waals surface area contributed by atoms with Crippen molar-refractivity contribution in [3.8, 4) is 11.5 Å². The third kappa shape index (κ3) is 3.87. The van der Waals surface area contributed by atoms with Gasteiger partial charge >= 0.3 is 0 Å². The lowest BCUT2D eigenvalue weighted by atomic mass is 9.87. The molecule has 1 atom stereocenters. The zero-order valence-corrected chi connectivity index (χ0v) is 17.6. The quantitative estimate of drug-likeness (QED) is 0.433. The maximum absolute atomic E-state index is 13.4. The van der Waals surface area contributed by atoms with E-state index in [0.717, 1.165) is 11.1 Å². The summed E-state index contributed by atoms with van der Waals surface area (Å²) >= 11 is 0. The molecule has 0 aromatic heterocycles. The first-order chi connectivity index (χ1) is 15.4. The Balaban J connectivity index is 1.87. The lowest BCUT2D eigenvalue weighted by Gasteiger charge is -2.38. The fraction of sp³-hybridized carbons (Fsp3) is 0.208. The van der Waals surface area contributed by atoms with Crippen LogP contribution in [0.3, 0.4) is 0 Å². The maximum Gasteiger partial charge on any atom is 0.269 e. The molecule has 0 unspecified atom stereocenters. The van der Waals surface area contributed by atoms with Gasteiger partial charge in [0.1, 0.15) is 5.82 Å². The van der Waals surface area contributed by atoms with Gasteiger partial charge in [-0.25, -0.2) is 4.39 Å². The summed E-state index contributed by atoms with van der Waals surface area (Å²) in [5.41, 5.74) is 2.63. The predicted molar refractivity (Wildman–Crippen MR) is 116 cm³/mol. The van der Waals surface area contributed by atoms with E-state index in [1.807, 2.05) is 12.1 Å². The van der Waals surface area contributed by atoms with Gasteiger partial charge < -0.3 is 14.4 Å². The summed E-state index contributed by atoms with van der Waals surface area (Å²) in [5.74, 6) is 0.347. The number of amides is 1. The van der Waals surface area contributed by atoms with Crippen LogP contribution < -0.4 is 9.47 Å². The number of ether oxygens (including phenoxy) is 2. The van der Waals surface area contributed by atoms with Crippen molar-refractivity contribution >= 4 is 11.6 Å². The summed E-state index contributed by atoms with van der Waals surface area (Å²) in [6.07, 6.45) is 0.564. The Morgan fingerprint density at radius 2 is 1.75 bits per heavy atom. The highest BCUT2D eigenvalue weighted by Gasteiger charge is 2.34. The molecular formula is C24H21FN2O5. The summed E-state index contributed by atoms with van der Waals surface area (Å²) in [5, 5.41) is 11.4. The maximum atomic E-state index is 13.4. The molecule has 3 aromatic carbocycles. The largest absolute Gasteiger partial charge is 0.493 e. The summed E-state index contributed by atoms with van der Waals surface area (Å²) in [6.45, 7) is 0.381. The first kappa shape index (κ1) is 21.3. The van der Waals surface area contributed by atoms with Gasteiger partial charge in [0.15, 0.2) is 11.5 Å². The van der Waals surface area contributed by atoms with E-state index in [9.17, 15) is 19.3 Å². The van der Waals surface area contributed by atoms with E-state index in [1.165, 1.54) is 43.5 Å². The van der Waals surface area contributed by atoms with Gasteiger partial charge in [0.25, 0.3) is 11.6 Å². The number of halogens is 1. The van der Waals surface area contributed by atoms with Crippen LogP contribution in [0.4, 0.5) is 10.1 Å². The lowest BCUT2D eigenvalue weighted by Crippen LogP contribution is -2.40. The zero-order valence-electron chi connectivity index (χ0n) is 17.6. The molecule has 1 aliphatic rings. The molecule has 1 aliphatic heterocycles. The van der Waals surface area contributed by atoms with Gasteiger partial charge in [0.2, 0.25) is 0 Å². The van der Waals surface area contributed by atoms with Crippen molar-refractivity contribution in [3.63, 3.8) is 0 Å². The first-order valence-electron chi connectivity index (χ1n) is 9.98. The standard InChI is InChI=1S/C24H21FN2O5/c1-31-21-13-16-10-11-26(24(28)15-6-8-18(25)9-7-15)23(20(16)14-22(21)32-2)17-4-3-5-19(12-17)27(29)30/h3-9,12-14,23H,10-11H2,1-2H3/t23-/m0/s1. The van der Waals surface area contributed by atoms with Crippen LogP contribution in [-0.2, 0) is 6.42 Å². The molecule has 164 valence electrons. The fourth-order valence-corrected chi connectivity index (χ4v) is 4.09. The van der Waals surface area contributed by atoms with Crippen LogP contribution >= 0.6 is 0 Å². The molecule has 0 N–H and O–H groups in total. The monoisotopic (exact) mass is 436 g/mol. The third-order valence-electron chi connectivity index (χ3n) is 5.62. The van der Waals surface area contributed by atoms with Crippen LogP contribution in [0.25, 0.3) is 0 Å². The Labute approximate surface area is 184 Å². The fourth-order valence-electron chi connectivity index (χ4n) is 4.09. The number of hydrogen-bond donors (Lipinski definition) is 0. The van der Waals surface area contributed by atoms with Gasteiger partial charge in [-0.3, -0.25) is 14.9 Å². The number of fused-ring (bicyclic) bond motifs is 1.